The minimum Gasteiger partial charge on any atom is -0.346 e. The summed E-state index contributed by atoms with van der Waals surface area (Å²) in [6, 6.07) is 5.94. The number of rotatable bonds is 4. The summed E-state index contributed by atoms with van der Waals surface area (Å²) in [5, 5.41) is 18.8. The summed E-state index contributed by atoms with van der Waals surface area (Å²) in [4.78, 5) is 12.2. The van der Waals surface area contributed by atoms with Crippen molar-refractivity contribution in [3.8, 4) is 0 Å². The maximum atomic E-state index is 12.2. The molecular formula is C15H16N6O. The second kappa shape index (κ2) is 5.25. The van der Waals surface area contributed by atoms with Crippen molar-refractivity contribution < 1.29 is 4.79 Å². The van der Waals surface area contributed by atoms with E-state index >= 15 is 0 Å². The van der Waals surface area contributed by atoms with Crippen LogP contribution in [-0.4, -0.2) is 31.1 Å². The summed E-state index contributed by atoms with van der Waals surface area (Å²) in [5.74, 6) is -0.124. The number of aromatic nitrogens is 5. The lowest BCUT2D eigenvalue weighted by Gasteiger charge is -2.24. The third kappa shape index (κ3) is 2.34. The molecule has 1 fully saturated rings. The number of nitrogens with zero attached hydrogens (tertiary/aromatic N) is 4. The number of benzene rings is 1. The van der Waals surface area contributed by atoms with Gasteiger partial charge in [-0.25, -0.2) is 4.68 Å². The number of amides is 1. The van der Waals surface area contributed by atoms with Gasteiger partial charge in [-0.05, 0) is 37.5 Å². The summed E-state index contributed by atoms with van der Waals surface area (Å²) in [6.45, 7) is 0.384. The minimum absolute atomic E-state index is 0.124. The van der Waals surface area contributed by atoms with E-state index in [2.05, 4.69) is 25.8 Å². The van der Waals surface area contributed by atoms with E-state index in [1.54, 1.807) is 12.3 Å². The van der Waals surface area contributed by atoms with Crippen LogP contribution in [0.1, 0.15) is 41.4 Å². The Morgan fingerprint density at radius 2 is 2.32 bits per heavy atom. The van der Waals surface area contributed by atoms with Gasteiger partial charge in [-0.15, -0.1) is 5.10 Å². The second-order valence-corrected chi connectivity index (χ2v) is 5.63. The first-order chi connectivity index (χ1) is 10.8. The van der Waals surface area contributed by atoms with E-state index in [0.29, 0.717) is 18.2 Å². The van der Waals surface area contributed by atoms with Crippen LogP contribution >= 0.6 is 0 Å². The summed E-state index contributed by atoms with van der Waals surface area (Å²) in [6.07, 6.45) is 7.21. The lowest BCUT2D eigenvalue weighted by atomic mass is 9.93. The molecule has 2 heterocycles. The maximum absolute atomic E-state index is 12.2. The third-order valence-corrected chi connectivity index (χ3v) is 4.14. The van der Waals surface area contributed by atoms with Gasteiger partial charge in [-0.3, -0.25) is 9.89 Å². The lowest BCUT2D eigenvalue weighted by molar-refractivity contribution is 0.0950. The first kappa shape index (κ1) is 13.0. The van der Waals surface area contributed by atoms with E-state index in [-0.39, 0.29) is 5.91 Å². The zero-order valence-electron chi connectivity index (χ0n) is 12.0. The zero-order valence-corrected chi connectivity index (χ0v) is 12.0. The van der Waals surface area contributed by atoms with Gasteiger partial charge >= 0.3 is 0 Å². The van der Waals surface area contributed by atoms with Gasteiger partial charge in [-0.1, -0.05) is 5.21 Å². The van der Waals surface area contributed by atoms with Gasteiger partial charge in [0.2, 0.25) is 0 Å². The van der Waals surface area contributed by atoms with Crippen molar-refractivity contribution in [3.05, 3.63) is 41.9 Å². The average molecular weight is 296 g/mol. The first-order valence-corrected chi connectivity index (χ1v) is 7.41. The summed E-state index contributed by atoms with van der Waals surface area (Å²) in [5.41, 5.74) is 2.31. The molecule has 1 aromatic carbocycles. The Labute approximate surface area is 126 Å². The molecule has 2 N–H and O–H groups in total. The highest BCUT2D eigenvalue weighted by molar-refractivity contribution is 5.97. The van der Waals surface area contributed by atoms with Crippen LogP contribution in [-0.2, 0) is 6.54 Å². The molecule has 0 unspecified atom stereocenters. The van der Waals surface area contributed by atoms with Crippen molar-refractivity contribution in [1.29, 1.82) is 0 Å². The van der Waals surface area contributed by atoms with Gasteiger partial charge in [0.1, 0.15) is 5.69 Å². The number of nitrogens with one attached hydrogen (secondary N) is 2. The van der Waals surface area contributed by atoms with Gasteiger partial charge in [0.25, 0.3) is 5.91 Å². The molecule has 0 aliphatic heterocycles. The fourth-order valence-corrected chi connectivity index (χ4v) is 2.58. The molecule has 4 rings (SSSR count). The highest BCUT2D eigenvalue weighted by Gasteiger charge is 2.20. The molecule has 0 radical (unpaired) electrons. The Bertz CT molecular complexity index is 816. The Balaban J connectivity index is 1.41. The van der Waals surface area contributed by atoms with Gasteiger partial charge < -0.3 is 5.32 Å². The van der Waals surface area contributed by atoms with E-state index in [4.69, 9.17) is 0 Å². The number of fused-ring (bicyclic) bond motifs is 1. The van der Waals surface area contributed by atoms with Crippen molar-refractivity contribution in [3.63, 3.8) is 0 Å². The number of hydrogen-bond acceptors (Lipinski definition) is 4. The largest absolute Gasteiger partial charge is 0.346 e. The molecule has 3 aromatic rings. The molecular weight excluding hydrogens is 280 g/mol. The average Bonchev–Trinajstić information content (AvgIpc) is 3.11. The highest BCUT2D eigenvalue weighted by atomic mass is 16.1. The molecule has 22 heavy (non-hydrogen) atoms. The highest BCUT2D eigenvalue weighted by Crippen LogP contribution is 2.30. The summed E-state index contributed by atoms with van der Waals surface area (Å²) >= 11 is 0. The van der Waals surface area contributed by atoms with Crippen LogP contribution in [0.3, 0.4) is 0 Å². The number of hydrogen-bond donors (Lipinski definition) is 2. The van der Waals surface area contributed by atoms with Crippen LogP contribution in [0.5, 0.6) is 0 Å². The molecule has 1 amide bonds. The summed E-state index contributed by atoms with van der Waals surface area (Å²) in [7, 11) is 0. The van der Waals surface area contributed by atoms with Crippen molar-refractivity contribution in [2.45, 2.75) is 31.8 Å². The Kier molecular flexibility index (Phi) is 3.10. The first-order valence-electron chi connectivity index (χ1n) is 7.41. The molecule has 0 saturated heterocycles. The second-order valence-electron chi connectivity index (χ2n) is 5.63. The van der Waals surface area contributed by atoms with Crippen LogP contribution in [0.25, 0.3) is 10.9 Å². The fraction of sp³-hybridized carbons (Fsp3) is 0.333. The Morgan fingerprint density at radius 1 is 1.41 bits per heavy atom. The molecule has 1 aliphatic rings. The quantitative estimate of drug-likeness (QED) is 0.768. The van der Waals surface area contributed by atoms with Crippen molar-refractivity contribution in [1.82, 2.24) is 30.5 Å². The van der Waals surface area contributed by atoms with Gasteiger partial charge in [0.15, 0.2) is 0 Å². The Hall–Kier alpha value is -2.70. The molecule has 2 aromatic heterocycles. The van der Waals surface area contributed by atoms with E-state index in [1.807, 2.05) is 23.0 Å². The van der Waals surface area contributed by atoms with Crippen LogP contribution in [0.2, 0.25) is 0 Å². The molecule has 7 heteroatoms. The van der Waals surface area contributed by atoms with E-state index < -0.39 is 0 Å². The zero-order chi connectivity index (χ0) is 14.9. The number of carbonyl (C=O) groups is 1. The van der Waals surface area contributed by atoms with Crippen LogP contribution in [0.4, 0.5) is 0 Å². The lowest BCUT2D eigenvalue weighted by Crippen LogP contribution is -2.23. The predicted octanol–water partition coefficient (Wildman–Crippen LogP) is 1.81. The minimum atomic E-state index is -0.124. The van der Waals surface area contributed by atoms with Crippen LogP contribution in [0.15, 0.2) is 30.6 Å². The number of carbonyl (C=O) groups excluding carboxylic acids is 1. The molecule has 0 bridgehead atoms. The van der Waals surface area contributed by atoms with E-state index in [1.165, 1.54) is 19.3 Å². The molecule has 1 aliphatic carbocycles. The number of H-pyrrole nitrogens is 1. The number of aromatic amines is 1. The van der Waals surface area contributed by atoms with Crippen LogP contribution < -0.4 is 5.32 Å². The molecule has 7 nitrogen and oxygen atoms in total. The molecule has 1 saturated carbocycles. The van der Waals surface area contributed by atoms with Crippen molar-refractivity contribution >= 4 is 16.8 Å². The fourth-order valence-electron chi connectivity index (χ4n) is 2.58. The van der Waals surface area contributed by atoms with Crippen molar-refractivity contribution in [2.24, 2.45) is 0 Å². The third-order valence-electron chi connectivity index (χ3n) is 4.14. The topological polar surface area (TPSA) is 88.5 Å². The van der Waals surface area contributed by atoms with Gasteiger partial charge in [0, 0.05) is 10.9 Å². The molecule has 112 valence electrons. The molecule has 0 spiro atoms. The standard InChI is InChI=1S/C15H16N6O/c22-15(10-4-5-14-11(6-10)7-17-19-14)16-8-12-9-21(20-18-12)13-2-1-3-13/h4-7,9,13H,1-3,8H2,(H,16,22)(H,17,19). The van der Waals surface area contributed by atoms with E-state index in [0.717, 1.165) is 16.6 Å². The predicted molar refractivity (Wildman–Crippen MR) is 80.2 cm³/mol. The monoisotopic (exact) mass is 296 g/mol. The van der Waals surface area contributed by atoms with Crippen LogP contribution in [0, 0.1) is 0 Å². The van der Waals surface area contributed by atoms with Crippen molar-refractivity contribution in [2.75, 3.05) is 0 Å². The smallest absolute Gasteiger partial charge is 0.251 e. The Morgan fingerprint density at radius 3 is 3.14 bits per heavy atom. The SMILES string of the molecule is O=C(NCc1cn(C2CCC2)nn1)c1ccc2[nH]ncc2c1. The molecule has 0 atom stereocenters. The summed E-state index contributed by atoms with van der Waals surface area (Å²) < 4.78 is 1.91. The van der Waals surface area contributed by atoms with E-state index in [9.17, 15) is 4.79 Å². The van der Waals surface area contributed by atoms with Gasteiger partial charge in [0.05, 0.1) is 30.5 Å². The normalized spacial score (nSPS) is 14.9. The maximum Gasteiger partial charge on any atom is 0.251 e. The van der Waals surface area contributed by atoms with Gasteiger partial charge in [-0.2, -0.15) is 5.10 Å².